The highest BCUT2D eigenvalue weighted by atomic mass is 14.7. The summed E-state index contributed by atoms with van der Waals surface area (Å²) in [4.78, 5) is 14.6. The zero-order valence-electron chi connectivity index (χ0n) is 26.4. The summed E-state index contributed by atoms with van der Waals surface area (Å²) in [6, 6.07) is 55.1. The highest BCUT2D eigenvalue weighted by molar-refractivity contribution is 6.20. The van der Waals surface area contributed by atoms with E-state index in [-0.39, 0.29) is 0 Å². The van der Waals surface area contributed by atoms with Crippen LogP contribution < -0.4 is 0 Å². The molecule has 0 aliphatic heterocycles. The van der Waals surface area contributed by atoms with Gasteiger partial charge in [-0.25, -0.2) is 4.98 Å². The molecule has 11 rings (SSSR count). The maximum Gasteiger partial charge on any atom is 0.0892 e. The van der Waals surface area contributed by atoms with Crippen molar-refractivity contribution < 1.29 is 0 Å². The van der Waals surface area contributed by atoms with Crippen molar-refractivity contribution in [2.24, 2.45) is 0 Å². The highest BCUT2D eigenvalue weighted by Crippen LogP contribution is 2.64. The van der Waals surface area contributed by atoms with E-state index in [9.17, 15) is 0 Å². The second kappa shape index (κ2) is 9.79. The summed E-state index contributed by atoms with van der Waals surface area (Å²) in [7, 11) is 0. The molecule has 9 aromatic rings. The first kappa shape index (κ1) is 26.6. The van der Waals surface area contributed by atoms with E-state index < -0.39 is 5.41 Å². The predicted octanol–water partition coefficient (Wildman–Crippen LogP) is 11.0. The maximum absolute atomic E-state index is 5.37. The van der Waals surface area contributed by atoms with Gasteiger partial charge in [0.25, 0.3) is 0 Å². The fraction of sp³-hybridized carbons (Fsp3) is 0.0217. The minimum absolute atomic E-state index is 0.394. The zero-order chi connectivity index (χ0) is 32.1. The Labute approximate surface area is 283 Å². The van der Waals surface area contributed by atoms with E-state index in [1.807, 2.05) is 24.5 Å². The van der Waals surface area contributed by atoms with Crippen LogP contribution in [-0.2, 0) is 5.41 Å². The smallest absolute Gasteiger partial charge is 0.0892 e. The number of fused-ring (bicyclic) bond motifs is 15. The van der Waals surface area contributed by atoms with Crippen LogP contribution in [-0.4, -0.2) is 15.0 Å². The number of nitrogens with zero attached hydrogens (tertiary/aromatic N) is 3. The van der Waals surface area contributed by atoms with Gasteiger partial charge in [0.05, 0.1) is 27.7 Å². The topological polar surface area (TPSA) is 38.7 Å². The molecule has 0 unspecified atom stereocenters. The van der Waals surface area contributed by atoms with Crippen LogP contribution in [0, 0.1) is 0 Å². The van der Waals surface area contributed by atoms with Crippen LogP contribution >= 0.6 is 0 Å². The number of pyridine rings is 3. The Balaban J connectivity index is 1.23. The minimum Gasteiger partial charge on any atom is -0.255 e. The average Bonchev–Trinajstić information content (AvgIpc) is 3.65. The molecular weight excluding hydrogens is 595 g/mol. The third-order valence-corrected chi connectivity index (χ3v) is 10.7. The molecule has 226 valence electrons. The largest absolute Gasteiger partial charge is 0.255 e. The Morgan fingerprint density at radius 1 is 0.408 bits per heavy atom. The number of aromatic nitrogens is 3. The Bertz CT molecular complexity index is 2800. The third-order valence-electron chi connectivity index (χ3n) is 10.7. The predicted molar refractivity (Wildman–Crippen MR) is 200 cm³/mol. The van der Waals surface area contributed by atoms with Crippen LogP contribution in [0.2, 0.25) is 0 Å². The Morgan fingerprint density at radius 2 is 1.08 bits per heavy atom. The van der Waals surface area contributed by atoms with Gasteiger partial charge in [0, 0.05) is 39.7 Å². The molecule has 3 aromatic heterocycles. The molecule has 2 aliphatic rings. The molecular formula is C46H27N3. The summed E-state index contributed by atoms with van der Waals surface area (Å²) in [5.41, 5.74) is 17.2. The van der Waals surface area contributed by atoms with Crippen molar-refractivity contribution in [3.8, 4) is 44.6 Å². The fourth-order valence-corrected chi connectivity index (χ4v) is 8.80. The van der Waals surface area contributed by atoms with Gasteiger partial charge in [-0.2, -0.15) is 0 Å². The summed E-state index contributed by atoms with van der Waals surface area (Å²) >= 11 is 0. The third kappa shape index (κ3) is 3.49. The van der Waals surface area contributed by atoms with Crippen LogP contribution in [0.5, 0.6) is 0 Å². The standard InChI is InChI=1S/C46H27N3/c1-5-17-36-31(13-1)32-14-2-6-18-37(32)46(36)38-19-7-3-15-33(38)44-39(46)23-22-35-43(44)34-16-4-8-20-40(34)49-45(35)29-12-9-11-28(25-29)30-26-42-41(48-27-30)21-10-24-47-42/h1-27H. The molecule has 0 bridgehead atoms. The molecule has 0 saturated heterocycles. The lowest BCUT2D eigenvalue weighted by molar-refractivity contribution is 0.794. The van der Waals surface area contributed by atoms with Crippen LogP contribution in [0.4, 0.5) is 0 Å². The van der Waals surface area contributed by atoms with E-state index in [4.69, 9.17) is 9.97 Å². The minimum atomic E-state index is -0.394. The average molecular weight is 622 g/mol. The summed E-state index contributed by atoms with van der Waals surface area (Å²) in [6.07, 6.45) is 3.76. The molecule has 0 N–H and O–H groups in total. The Morgan fingerprint density at radius 3 is 1.90 bits per heavy atom. The van der Waals surface area contributed by atoms with Gasteiger partial charge in [0.2, 0.25) is 0 Å². The number of rotatable bonds is 2. The van der Waals surface area contributed by atoms with Crippen molar-refractivity contribution in [1.29, 1.82) is 0 Å². The van der Waals surface area contributed by atoms with Crippen LogP contribution in [0.15, 0.2) is 164 Å². The lowest BCUT2D eigenvalue weighted by Gasteiger charge is -2.30. The molecule has 3 heteroatoms. The Hall–Kier alpha value is -6.45. The van der Waals surface area contributed by atoms with Gasteiger partial charge in [-0.3, -0.25) is 9.97 Å². The first-order valence-corrected chi connectivity index (χ1v) is 16.8. The van der Waals surface area contributed by atoms with Gasteiger partial charge in [-0.15, -0.1) is 0 Å². The summed E-state index contributed by atoms with van der Waals surface area (Å²) in [5.74, 6) is 0. The van der Waals surface area contributed by atoms with Crippen LogP contribution in [0.1, 0.15) is 22.3 Å². The highest BCUT2D eigenvalue weighted by Gasteiger charge is 2.52. The van der Waals surface area contributed by atoms with Crippen molar-refractivity contribution in [3.05, 3.63) is 186 Å². The van der Waals surface area contributed by atoms with Crippen molar-refractivity contribution in [2.45, 2.75) is 5.41 Å². The number of para-hydroxylation sites is 1. The quantitative estimate of drug-likeness (QED) is 0.180. The fourth-order valence-electron chi connectivity index (χ4n) is 8.80. The molecule has 0 atom stereocenters. The van der Waals surface area contributed by atoms with Gasteiger partial charge < -0.3 is 0 Å². The first-order valence-electron chi connectivity index (χ1n) is 16.8. The SMILES string of the molecule is c1cc(-c2cnc3cccnc3c2)cc(-c2nc3ccccc3c3c4c(ccc23)C2(c3ccccc3-c3ccccc32)c2ccccc2-4)c1. The van der Waals surface area contributed by atoms with Gasteiger partial charge in [0.15, 0.2) is 0 Å². The second-order valence-corrected chi connectivity index (χ2v) is 13.1. The molecule has 0 fully saturated rings. The molecule has 3 nitrogen and oxygen atoms in total. The van der Waals surface area contributed by atoms with Crippen LogP contribution in [0.3, 0.4) is 0 Å². The normalized spacial score (nSPS) is 13.5. The summed E-state index contributed by atoms with van der Waals surface area (Å²) in [6.45, 7) is 0. The Kier molecular flexibility index (Phi) is 5.31. The number of hydrogen-bond donors (Lipinski definition) is 0. The molecule has 6 aromatic carbocycles. The maximum atomic E-state index is 5.37. The van der Waals surface area contributed by atoms with Crippen molar-refractivity contribution in [2.75, 3.05) is 0 Å². The van der Waals surface area contributed by atoms with Gasteiger partial charge in [-0.05, 0) is 80.4 Å². The van der Waals surface area contributed by atoms with E-state index in [2.05, 4.69) is 145 Å². The van der Waals surface area contributed by atoms with Gasteiger partial charge in [0.1, 0.15) is 0 Å². The van der Waals surface area contributed by atoms with Crippen molar-refractivity contribution in [1.82, 2.24) is 15.0 Å². The molecule has 0 amide bonds. The van der Waals surface area contributed by atoms with Gasteiger partial charge >= 0.3 is 0 Å². The lowest BCUT2D eigenvalue weighted by atomic mass is 9.70. The zero-order valence-corrected chi connectivity index (χ0v) is 26.4. The van der Waals surface area contributed by atoms with E-state index in [1.54, 1.807) is 0 Å². The molecule has 49 heavy (non-hydrogen) atoms. The molecule has 1 spiro atoms. The van der Waals surface area contributed by atoms with E-state index in [0.717, 1.165) is 44.3 Å². The van der Waals surface area contributed by atoms with E-state index >= 15 is 0 Å². The number of hydrogen-bond acceptors (Lipinski definition) is 3. The number of benzene rings is 6. The lowest BCUT2D eigenvalue weighted by Crippen LogP contribution is -2.25. The van der Waals surface area contributed by atoms with Crippen LogP contribution in [0.25, 0.3) is 77.3 Å². The summed E-state index contributed by atoms with van der Waals surface area (Å²) in [5, 5.41) is 3.58. The molecule has 3 heterocycles. The molecule has 2 aliphatic carbocycles. The van der Waals surface area contributed by atoms with E-state index in [1.165, 1.54) is 55.3 Å². The second-order valence-electron chi connectivity index (χ2n) is 13.1. The van der Waals surface area contributed by atoms with E-state index in [0.29, 0.717) is 0 Å². The van der Waals surface area contributed by atoms with Crippen molar-refractivity contribution in [3.63, 3.8) is 0 Å². The first-order chi connectivity index (χ1) is 24.3. The monoisotopic (exact) mass is 621 g/mol. The van der Waals surface area contributed by atoms with Crippen molar-refractivity contribution >= 4 is 32.7 Å². The molecule has 0 radical (unpaired) electrons. The summed E-state index contributed by atoms with van der Waals surface area (Å²) < 4.78 is 0. The molecule has 0 saturated carbocycles. The van der Waals surface area contributed by atoms with Gasteiger partial charge in [-0.1, -0.05) is 121 Å².